The predicted molar refractivity (Wildman–Crippen MR) is 110 cm³/mol. The van der Waals surface area contributed by atoms with E-state index >= 15 is 0 Å². The molecule has 0 atom stereocenters. The van der Waals surface area contributed by atoms with Gasteiger partial charge in [0.1, 0.15) is 0 Å². The molecule has 1 heterocycles. The second-order valence-corrected chi connectivity index (χ2v) is 7.28. The van der Waals surface area contributed by atoms with Crippen molar-refractivity contribution in [3.05, 3.63) is 92.4 Å². The lowest BCUT2D eigenvalue weighted by Gasteiger charge is -2.13. The number of hydrogen-bond donors (Lipinski definition) is 0. The van der Waals surface area contributed by atoms with E-state index < -0.39 is 41.2 Å². The van der Waals surface area contributed by atoms with Crippen molar-refractivity contribution in [3.8, 4) is 5.69 Å². The number of aromatic nitrogens is 2. The number of halogens is 3. The topological polar surface area (TPSA) is 78.3 Å². The quantitative estimate of drug-likeness (QED) is 0.435. The molecule has 0 bridgehead atoms. The SMILES string of the molecule is Cc1ccc(C(=O)COC(=O)c2nn(-c3cccc(C(F)(F)F)c3)c(C)cc2=O)c(C)c1. The molecule has 0 fully saturated rings. The normalized spacial score (nSPS) is 11.3. The Balaban J connectivity index is 1.86. The highest BCUT2D eigenvalue weighted by Crippen LogP contribution is 2.30. The van der Waals surface area contributed by atoms with Crippen LogP contribution in [-0.2, 0) is 10.9 Å². The van der Waals surface area contributed by atoms with Crippen LogP contribution in [-0.4, -0.2) is 28.1 Å². The summed E-state index contributed by atoms with van der Waals surface area (Å²) in [6.45, 7) is 4.48. The molecule has 9 heteroatoms. The molecule has 1 aromatic heterocycles. The van der Waals surface area contributed by atoms with E-state index in [0.29, 0.717) is 11.1 Å². The lowest BCUT2D eigenvalue weighted by molar-refractivity contribution is -0.137. The molecule has 0 saturated heterocycles. The third kappa shape index (κ3) is 4.93. The summed E-state index contributed by atoms with van der Waals surface area (Å²) in [5.41, 5.74) is -0.0210. The molecule has 0 amide bonds. The Bertz CT molecular complexity index is 1260. The molecule has 0 unspecified atom stereocenters. The number of carbonyl (C=O) groups is 2. The number of ether oxygens (including phenoxy) is 1. The van der Waals surface area contributed by atoms with Crippen LogP contribution in [0.25, 0.3) is 5.69 Å². The van der Waals surface area contributed by atoms with E-state index in [2.05, 4.69) is 5.10 Å². The van der Waals surface area contributed by atoms with Crippen molar-refractivity contribution in [3.63, 3.8) is 0 Å². The number of aryl methyl sites for hydroxylation is 3. The van der Waals surface area contributed by atoms with Crippen molar-refractivity contribution in [2.75, 3.05) is 6.61 Å². The number of hydrogen-bond acceptors (Lipinski definition) is 5. The number of nitrogens with zero attached hydrogens (tertiary/aromatic N) is 2. The minimum Gasteiger partial charge on any atom is -0.452 e. The zero-order valence-electron chi connectivity index (χ0n) is 17.5. The summed E-state index contributed by atoms with van der Waals surface area (Å²) >= 11 is 0. The van der Waals surface area contributed by atoms with Crippen LogP contribution in [0.4, 0.5) is 13.2 Å². The van der Waals surface area contributed by atoms with E-state index in [9.17, 15) is 27.6 Å². The van der Waals surface area contributed by atoms with E-state index in [-0.39, 0.29) is 11.4 Å². The molecule has 3 rings (SSSR count). The molecular formula is C23H19F3N2O4. The van der Waals surface area contributed by atoms with Gasteiger partial charge in [-0.1, -0.05) is 29.8 Å². The van der Waals surface area contributed by atoms with Gasteiger partial charge in [0.15, 0.2) is 6.61 Å². The largest absolute Gasteiger partial charge is 0.452 e. The van der Waals surface area contributed by atoms with Crippen LogP contribution in [0.5, 0.6) is 0 Å². The molecule has 0 aliphatic heterocycles. The van der Waals surface area contributed by atoms with Gasteiger partial charge in [-0.3, -0.25) is 9.59 Å². The number of esters is 1. The molecule has 2 aromatic carbocycles. The highest BCUT2D eigenvalue weighted by molar-refractivity contribution is 6.00. The first kappa shape index (κ1) is 22.9. The number of benzene rings is 2. The summed E-state index contributed by atoms with van der Waals surface area (Å²) < 4.78 is 45.1. The average molecular weight is 444 g/mol. The predicted octanol–water partition coefficient (Wildman–Crippen LogP) is 4.22. The van der Waals surface area contributed by atoms with E-state index in [1.165, 1.54) is 19.1 Å². The number of Topliss-reactive ketones (excluding diaryl/α,β-unsaturated/α-hetero) is 1. The van der Waals surface area contributed by atoms with Gasteiger partial charge >= 0.3 is 12.1 Å². The average Bonchev–Trinajstić information content (AvgIpc) is 2.71. The van der Waals surface area contributed by atoms with Gasteiger partial charge in [0.25, 0.3) is 0 Å². The molecular weight excluding hydrogens is 425 g/mol. The van der Waals surface area contributed by atoms with Gasteiger partial charge < -0.3 is 4.74 Å². The smallest absolute Gasteiger partial charge is 0.416 e. The summed E-state index contributed by atoms with van der Waals surface area (Å²) in [6.07, 6.45) is -4.57. The number of ketones is 1. The Hall–Kier alpha value is -3.75. The highest BCUT2D eigenvalue weighted by atomic mass is 19.4. The van der Waals surface area contributed by atoms with Crippen LogP contribution < -0.4 is 5.43 Å². The van der Waals surface area contributed by atoms with Gasteiger partial charge in [0.2, 0.25) is 16.9 Å². The molecule has 0 saturated carbocycles. The number of rotatable bonds is 5. The van der Waals surface area contributed by atoms with Crippen LogP contribution in [0.15, 0.2) is 53.3 Å². The van der Waals surface area contributed by atoms with Gasteiger partial charge in [-0.05, 0) is 44.5 Å². The Morgan fingerprint density at radius 2 is 1.75 bits per heavy atom. The van der Waals surface area contributed by atoms with Gasteiger partial charge in [0, 0.05) is 17.3 Å². The van der Waals surface area contributed by atoms with Gasteiger partial charge in [-0.25, -0.2) is 9.48 Å². The van der Waals surface area contributed by atoms with Crippen molar-refractivity contribution in [1.29, 1.82) is 0 Å². The molecule has 0 aliphatic rings. The Morgan fingerprint density at radius 3 is 2.41 bits per heavy atom. The Morgan fingerprint density at radius 1 is 1.03 bits per heavy atom. The Labute approximate surface area is 181 Å². The maximum Gasteiger partial charge on any atom is 0.416 e. The molecule has 0 aliphatic carbocycles. The summed E-state index contributed by atoms with van der Waals surface area (Å²) in [6, 6.07) is 10.5. The van der Waals surface area contributed by atoms with Crippen molar-refractivity contribution < 1.29 is 27.5 Å². The first-order valence-electron chi connectivity index (χ1n) is 9.53. The summed E-state index contributed by atoms with van der Waals surface area (Å²) in [4.78, 5) is 37.1. The zero-order valence-corrected chi connectivity index (χ0v) is 17.5. The molecule has 32 heavy (non-hydrogen) atoms. The number of carbonyl (C=O) groups excluding carboxylic acids is 2. The van der Waals surface area contributed by atoms with Gasteiger partial charge in [-0.15, -0.1) is 0 Å². The first-order valence-corrected chi connectivity index (χ1v) is 9.53. The van der Waals surface area contributed by atoms with Crippen molar-refractivity contribution in [2.24, 2.45) is 0 Å². The third-order valence-electron chi connectivity index (χ3n) is 4.74. The second kappa shape index (κ2) is 8.78. The van der Waals surface area contributed by atoms with E-state index in [1.807, 2.05) is 13.0 Å². The highest BCUT2D eigenvalue weighted by Gasteiger charge is 2.30. The third-order valence-corrected chi connectivity index (χ3v) is 4.74. The van der Waals surface area contributed by atoms with E-state index in [4.69, 9.17) is 4.74 Å². The standard InChI is InChI=1S/C23H19F3N2O4/c1-13-7-8-18(14(2)9-13)20(30)12-32-22(31)21-19(29)10-15(3)28(27-21)17-6-4-5-16(11-17)23(24,25)26/h4-11H,12H2,1-3H3. The molecule has 0 spiro atoms. The van der Waals surface area contributed by atoms with Crippen LogP contribution >= 0.6 is 0 Å². The maximum absolute atomic E-state index is 13.0. The van der Waals surface area contributed by atoms with E-state index in [0.717, 1.165) is 28.4 Å². The fourth-order valence-electron chi connectivity index (χ4n) is 3.17. The number of alkyl halides is 3. The van der Waals surface area contributed by atoms with Crippen LogP contribution in [0.1, 0.15) is 43.2 Å². The molecule has 166 valence electrons. The molecule has 0 radical (unpaired) electrons. The summed E-state index contributed by atoms with van der Waals surface area (Å²) in [5.74, 6) is -1.60. The summed E-state index contributed by atoms with van der Waals surface area (Å²) in [7, 11) is 0. The van der Waals surface area contributed by atoms with Gasteiger partial charge in [-0.2, -0.15) is 18.3 Å². The zero-order chi connectivity index (χ0) is 23.6. The van der Waals surface area contributed by atoms with Gasteiger partial charge in [0.05, 0.1) is 11.3 Å². The fraction of sp³-hybridized carbons (Fsp3) is 0.217. The van der Waals surface area contributed by atoms with E-state index in [1.54, 1.807) is 19.1 Å². The minimum atomic E-state index is -4.57. The first-order chi connectivity index (χ1) is 15.0. The lowest BCUT2D eigenvalue weighted by atomic mass is 10.0. The van der Waals surface area contributed by atoms with Crippen LogP contribution in [0.2, 0.25) is 0 Å². The maximum atomic E-state index is 13.0. The van der Waals surface area contributed by atoms with Crippen molar-refractivity contribution >= 4 is 11.8 Å². The summed E-state index contributed by atoms with van der Waals surface area (Å²) in [5, 5.41) is 3.90. The van der Waals surface area contributed by atoms with Crippen LogP contribution in [0, 0.1) is 20.8 Å². The van der Waals surface area contributed by atoms with Crippen molar-refractivity contribution in [2.45, 2.75) is 26.9 Å². The second-order valence-electron chi connectivity index (χ2n) is 7.28. The Kier molecular flexibility index (Phi) is 6.29. The fourth-order valence-corrected chi connectivity index (χ4v) is 3.17. The van der Waals surface area contributed by atoms with Crippen molar-refractivity contribution in [1.82, 2.24) is 9.78 Å². The monoisotopic (exact) mass is 444 g/mol. The molecule has 0 N–H and O–H groups in total. The molecule has 3 aromatic rings. The lowest BCUT2D eigenvalue weighted by Crippen LogP contribution is -2.26. The van der Waals surface area contributed by atoms with Crippen LogP contribution in [0.3, 0.4) is 0 Å². The minimum absolute atomic E-state index is 0.0118. The molecule has 6 nitrogen and oxygen atoms in total.